The van der Waals surface area contributed by atoms with E-state index in [2.05, 4.69) is 30.7 Å². The molecule has 1 fully saturated rings. The van der Waals surface area contributed by atoms with Gasteiger partial charge in [0.15, 0.2) is 0 Å². The van der Waals surface area contributed by atoms with E-state index < -0.39 is 5.97 Å². The molecule has 0 unspecified atom stereocenters. The van der Waals surface area contributed by atoms with Crippen molar-refractivity contribution in [3.8, 4) is 0 Å². The predicted octanol–water partition coefficient (Wildman–Crippen LogP) is 3.04. The summed E-state index contributed by atoms with van der Waals surface area (Å²) in [6, 6.07) is 5.22. The van der Waals surface area contributed by atoms with E-state index in [1.807, 2.05) is 6.07 Å². The Morgan fingerprint density at radius 3 is 2.55 bits per heavy atom. The molecule has 0 radical (unpaired) electrons. The minimum atomic E-state index is -0.960. The lowest BCUT2D eigenvalue weighted by molar-refractivity contribution is 0.0689. The Hall–Kier alpha value is -1.42. The Balaban J connectivity index is 1.93. The number of likely N-dealkylation sites (tertiary alicyclic amines) is 1. The first-order valence-corrected chi connectivity index (χ1v) is 7.28. The molecule has 0 bridgehead atoms. The van der Waals surface area contributed by atoms with E-state index in [0.717, 1.165) is 31.2 Å². The normalized spacial score (nSPS) is 18.1. The molecule has 110 valence electrons. The van der Waals surface area contributed by atoms with Crippen molar-refractivity contribution in [3.63, 3.8) is 0 Å². The summed E-state index contributed by atoms with van der Waals surface area (Å²) >= 11 is 0. The van der Waals surface area contributed by atoms with E-state index in [9.17, 15) is 4.79 Å². The van der Waals surface area contributed by atoms with Gasteiger partial charge in [0.2, 0.25) is 0 Å². The second-order valence-electron chi connectivity index (χ2n) is 6.74. The van der Waals surface area contributed by atoms with E-state index in [0.29, 0.717) is 5.41 Å². The molecule has 0 saturated carbocycles. The zero-order valence-corrected chi connectivity index (χ0v) is 12.6. The fraction of sp³-hybridized carbons (Fsp3) is 0.625. The molecular formula is C16H24N2O2. The Morgan fingerprint density at radius 1 is 1.35 bits per heavy atom. The average molecular weight is 276 g/mol. The van der Waals surface area contributed by atoms with Crippen LogP contribution in [0.1, 0.15) is 49.8 Å². The number of hydrogen-bond acceptors (Lipinski definition) is 3. The summed E-state index contributed by atoms with van der Waals surface area (Å²) in [7, 11) is 0. The average Bonchev–Trinajstić information content (AvgIpc) is 2.38. The van der Waals surface area contributed by atoms with Gasteiger partial charge in [0.25, 0.3) is 0 Å². The molecule has 1 aromatic heterocycles. The highest BCUT2D eigenvalue weighted by atomic mass is 16.4. The largest absolute Gasteiger partial charge is 0.477 e. The number of aromatic nitrogens is 1. The standard InChI is InChI=1S/C16H24N2O2/c1-16(2,3)12-7-9-18(10-8-12)11-13-5-4-6-14(17-13)15(19)20/h4-6,12H,7-11H2,1-3H3,(H,19,20). The van der Waals surface area contributed by atoms with Crippen LogP contribution in [-0.2, 0) is 6.54 Å². The summed E-state index contributed by atoms with van der Waals surface area (Å²) in [6.07, 6.45) is 2.42. The minimum absolute atomic E-state index is 0.132. The number of hydrogen-bond donors (Lipinski definition) is 1. The highest BCUT2D eigenvalue weighted by Gasteiger charge is 2.28. The van der Waals surface area contributed by atoms with Gasteiger partial charge in [-0.3, -0.25) is 4.90 Å². The number of aromatic carboxylic acids is 1. The van der Waals surface area contributed by atoms with Crippen LogP contribution >= 0.6 is 0 Å². The summed E-state index contributed by atoms with van der Waals surface area (Å²) in [6.45, 7) is 9.82. The summed E-state index contributed by atoms with van der Waals surface area (Å²) in [4.78, 5) is 17.5. The van der Waals surface area contributed by atoms with E-state index in [1.54, 1.807) is 6.07 Å². The van der Waals surface area contributed by atoms with Crippen molar-refractivity contribution in [1.29, 1.82) is 0 Å². The molecule has 2 heterocycles. The van der Waals surface area contributed by atoms with Gasteiger partial charge in [-0.05, 0) is 49.4 Å². The smallest absolute Gasteiger partial charge is 0.354 e. The molecule has 1 N–H and O–H groups in total. The molecule has 4 nitrogen and oxygen atoms in total. The molecule has 1 saturated heterocycles. The van der Waals surface area contributed by atoms with Crippen LogP contribution in [0.4, 0.5) is 0 Å². The van der Waals surface area contributed by atoms with Gasteiger partial charge >= 0.3 is 5.97 Å². The number of carboxylic acids is 1. The SMILES string of the molecule is CC(C)(C)C1CCN(Cc2cccc(C(=O)O)n2)CC1. The molecule has 0 aromatic carbocycles. The lowest BCUT2D eigenvalue weighted by atomic mass is 9.75. The molecule has 20 heavy (non-hydrogen) atoms. The summed E-state index contributed by atoms with van der Waals surface area (Å²) < 4.78 is 0. The van der Waals surface area contributed by atoms with Crippen molar-refractivity contribution in [1.82, 2.24) is 9.88 Å². The number of rotatable bonds is 3. The Labute approximate surface area is 120 Å². The van der Waals surface area contributed by atoms with Crippen molar-refractivity contribution < 1.29 is 9.90 Å². The van der Waals surface area contributed by atoms with Crippen LogP contribution in [0.2, 0.25) is 0 Å². The molecule has 0 atom stereocenters. The summed E-state index contributed by atoms with van der Waals surface area (Å²) in [5, 5.41) is 8.96. The molecule has 0 amide bonds. The van der Waals surface area contributed by atoms with Crippen LogP contribution in [0, 0.1) is 11.3 Å². The maximum atomic E-state index is 10.9. The molecule has 0 spiro atoms. The monoisotopic (exact) mass is 276 g/mol. The molecule has 1 aromatic rings. The highest BCUT2D eigenvalue weighted by molar-refractivity contribution is 5.85. The third-order valence-corrected chi connectivity index (χ3v) is 4.22. The van der Waals surface area contributed by atoms with Gasteiger partial charge in [0.05, 0.1) is 5.69 Å². The van der Waals surface area contributed by atoms with Crippen molar-refractivity contribution in [3.05, 3.63) is 29.6 Å². The lowest BCUT2D eigenvalue weighted by Crippen LogP contribution is -2.37. The topological polar surface area (TPSA) is 53.4 Å². The van der Waals surface area contributed by atoms with Crippen LogP contribution in [0.25, 0.3) is 0 Å². The Bertz CT molecular complexity index is 472. The number of carbonyl (C=O) groups is 1. The Morgan fingerprint density at radius 2 is 2.00 bits per heavy atom. The van der Waals surface area contributed by atoms with Crippen molar-refractivity contribution in [2.75, 3.05) is 13.1 Å². The molecule has 1 aliphatic rings. The molecule has 4 heteroatoms. The molecular weight excluding hydrogens is 252 g/mol. The quantitative estimate of drug-likeness (QED) is 0.922. The number of pyridine rings is 1. The van der Waals surface area contributed by atoms with Gasteiger partial charge in [0.1, 0.15) is 5.69 Å². The second kappa shape index (κ2) is 5.92. The summed E-state index contributed by atoms with van der Waals surface area (Å²) in [5.41, 5.74) is 1.36. The number of carboxylic acid groups (broad SMARTS) is 1. The van der Waals surface area contributed by atoms with Crippen molar-refractivity contribution >= 4 is 5.97 Å². The second-order valence-corrected chi connectivity index (χ2v) is 6.74. The van der Waals surface area contributed by atoms with Crippen LogP contribution in [0.3, 0.4) is 0 Å². The maximum Gasteiger partial charge on any atom is 0.354 e. The van der Waals surface area contributed by atoms with E-state index in [1.165, 1.54) is 18.9 Å². The maximum absolute atomic E-state index is 10.9. The van der Waals surface area contributed by atoms with Gasteiger partial charge in [-0.2, -0.15) is 0 Å². The van der Waals surface area contributed by atoms with Gasteiger partial charge in [0, 0.05) is 6.54 Å². The molecule has 0 aliphatic carbocycles. The van der Waals surface area contributed by atoms with Crippen LogP contribution < -0.4 is 0 Å². The van der Waals surface area contributed by atoms with Gasteiger partial charge in [-0.15, -0.1) is 0 Å². The molecule has 1 aliphatic heterocycles. The van der Waals surface area contributed by atoms with Crippen molar-refractivity contribution in [2.24, 2.45) is 11.3 Å². The minimum Gasteiger partial charge on any atom is -0.477 e. The third-order valence-electron chi connectivity index (χ3n) is 4.22. The zero-order chi connectivity index (χ0) is 14.8. The first kappa shape index (κ1) is 15.0. The molecule has 2 rings (SSSR count). The van der Waals surface area contributed by atoms with Gasteiger partial charge in [-0.1, -0.05) is 26.8 Å². The highest BCUT2D eigenvalue weighted by Crippen LogP contribution is 2.34. The Kier molecular flexibility index (Phi) is 4.43. The van der Waals surface area contributed by atoms with Crippen LogP contribution in [0.5, 0.6) is 0 Å². The fourth-order valence-corrected chi connectivity index (χ4v) is 2.87. The van der Waals surface area contributed by atoms with Crippen LogP contribution in [0.15, 0.2) is 18.2 Å². The summed E-state index contributed by atoms with van der Waals surface area (Å²) in [5.74, 6) is -0.185. The number of piperidine rings is 1. The van der Waals surface area contributed by atoms with E-state index in [-0.39, 0.29) is 5.69 Å². The first-order valence-electron chi connectivity index (χ1n) is 7.28. The third kappa shape index (κ3) is 3.79. The lowest BCUT2D eigenvalue weighted by Gasteiger charge is -2.38. The predicted molar refractivity (Wildman–Crippen MR) is 78.7 cm³/mol. The van der Waals surface area contributed by atoms with E-state index in [4.69, 9.17) is 5.11 Å². The van der Waals surface area contributed by atoms with Gasteiger partial charge < -0.3 is 5.11 Å². The van der Waals surface area contributed by atoms with Gasteiger partial charge in [-0.25, -0.2) is 9.78 Å². The fourth-order valence-electron chi connectivity index (χ4n) is 2.87. The van der Waals surface area contributed by atoms with Crippen molar-refractivity contribution in [2.45, 2.75) is 40.2 Å². The number of nitrogens with zero attached hydrogens (tertiary/aromatic N) is 2. The van der Waals surface area contributed by atoms with E-state index >= 15 is 0 Å². The van der Waals surface area contributed by atoms with Crippen LogP contribution in [-0.4, -0.2) is 34.0 Å². The zero-order valence-electron chi connectivity index (χ0n) is 12.6. The first-order chi connectivity index (χ1) is 9.36.